The Hall–Kier alpha value is -1.09. The lowest BCUT2D eigenvalue weighted by Crippen LogP contribution is -2.02. The molecular weight excluding hydrogens is 131 g/mol. The fourth-order valence-corrected chi connectivity index (χ4v) is 0.760. The van der Waals surface area contributed by atoms with Gasteiger partial charge in [0.05, 0.1) is 5.69 Å². The van der Waals surface area contributed by atoms with E-state index in [9.17, 15) is 4.39 Å². The summed E-state index contributed by atoms with van der Waals surface area (Å²) in [5.74, 6) is -0.400. The summed E-state index contributed by atoms with van der Waals surface area (Å²) in [4.78, 5) is 0. The third kappa shape index (κ3) is 1.09. The molecule has 0 saturated heterocycles. The number of nitrogen functional groups attached to an aromatic ring is 1. The van der Waals surface area contributed by atoms with Crippen LogP contribution < -0.4 is 11.5 Å². The van der Waals surface area contributed by atoms with Crippen molar-refractivity contribution in [3.8, 4) is 0 Å². The number of anilines is 1. The van der Waals surface area contributed by atoms with Gasteiger partial charge in [-0.3, -0.25) is 0 Å². The highest BCUT2D eigenvalue weighted by Gasteiger charge is 2.00. The van der Waals surface area contributed by atoms with E-state index in [1.807, 2.05) is 0 Å². The largest absolute Gasteiger partial charge is 0.396 e. The van der Waals surface area contributed by atoms with Crippen LogP contribution in [0.4, 0.5) is 10.1 Å². The quantitative estimate of drug-likeness (QED) is 0.568. The second-order valence-corrected chi connectivity index (χ2v) is 2.02. The molecular formula is C7H9FN2. The lowest BCUT2D eigenvalue weighted by atomic mass is 10.2. The Labute approximate surface area is 58.6 Å². The normalized spacial score (nSPS) is 9.80. The van der Waals surface area contributed by atoms with Gasteiger partial charge in [-0.15, -0.1) is 0 Å². The van der Waals surface area contributed by atoms with E-state index in [-0.39, 0.29) is 12.2 Å². The van der Waals surface area contributed by atoms with Crippen molar-refractivity contribution in [3.63, 3.8) is 0 Å². The predicted molar refractivity (Wildman–Crippen MR) is 38.7 cm³/mol. The molecule has 0 saturated carbocycles. The van der Waals surface area contributed by atoms with Gasteiger partial charge < -0.3 is 11.5 Å². The third-order valence-corrected chi connectivity index (χ3v) is 1.36. The Bertz CT molecular complexity index is 235. The molecule has 0 spiro atoms. The van der Waals surface area contributed by atoms with Gasteiger partial charge in [0.25, 0.3) is 0 Å². The summed E-state index contributed by atoms with van der Waals surface area (Å²) >= 11 is 0. The molecule has 0 unspecified atom stereocenters. The second kappa shape index (κ2) is 2.66. The molecule has 10 heavy (non-hydrogen) atoms. The number of halogens is 1. The zero-order valence-electron chi connectivity index (χ0n) is 5.47. The lowest BCUT2D eigenvalue weighted by molar-refractivity contribution is 0.630. The number of hydrogen-bond donors (Lipinski definition) is 2. The van der Waals surface area contributed by atoms with Crippen molar-refractivity contribution in [1.29, 1.82) is 0 Å². The van der Waals surface area contributed by atoms with E-state index >= 15 is 0 Å². The van der Waals surface area contributed by atoms with Crippen LogP contribution in [0.5, 0.6) is 0 Å². The SMILES string of the molecule is NCc1cccc(F)c1N. The van der Waals surface area contributed by atoms with Gasteiger partial charge in [-0.05, 0) is 11.6 Å². The summed E-state index contributed by atoms with van der Waals surface area (Å²) < 4.78 is 12.6. The van der Waals surface area contributed by atoms with E-state index in [1.54, 1.807) is 12.1 Å². The average Bonchev–Trinajstić information content (AvgIpc) is 1.95. The van der Waals surface area contributed by atoms with Gasteiger partial charge in [-0.25, -0.2) is 4.39 Å². The molecule has 0 fully saturated rings. The molecule has 0 amide bonds. The van der Waals surface area contributed by atoms with Crippen molar-refractivity contribution in [2.75, 3.05) is 5.73 Å². The van der Waals surface area contributed by atoms with E-state index in [2.05, 4.69) is 0 Å². The van der Waals surface area contributed by atoms with Gasteiger partial charge in [0.2, 0.25) is 0 Å². The number of para-hydroxylation sites is 1. The summed E-state index contributed by atoms with van der Waals surface area (Å²) in [6.45, 7) is 0.281. The maximum atomic E-state index is 12.6. The first-order valence-electron chi connectivity index (χ1n) is 2.98. The van der Waals surface area contributed by atoms with E-state index in [0.717, 1.165) is 0 Å². The maximum Gasteiger partial charge on any atom is 0.146 e. The van der Waals surface area contributed by atoms with Crippen LogP contribution in [0.15, 0.2) is 18.2 Å². The van der Waals surface area contributed by atoms with Gasteiger partial charge >= 0.3 is 0 Å². The summed E-state index contributed by atoms with van der Waals surface area (Å²) in [5, 5.41) is 0. The van der Waals surface area contributed by atoms with E-state index in [1.165, 1.54) is 6.07 Å². The van der Waals surface area contributed by atoms with Gasteiger partial charge in [0.15, 0.2) is 0 Å². The highest BCUT2D eigenvalue weighted by Crippen LogP contribution is 2.14. The topological polar surface area (TPSA) is 52.0 Å². The highest BCUT2D eigenvalue weighted by molar-refractivity contribution is 5.47. The maximum absolute atomic E-state index is 12.6. The Kier molecular flexibility index (Phi) is 1.87. The monoisotopic (exact) mass is 140 g/mol. The van der Waals surface area contributed by atoms with E-state index < -0.39 is 5.82 Å². The molecule has 1 aromatic carbocycles. The van der Waals surface area contributed by atoms with Crippen LogP contribution in [0, 0.1) is 5.82 Å². The summed E-state index contributed by atoms with van der Waals surface area (Å²) in [5.41, 5.74) is 11.4. The van der Waals surface area contributed by atoms with Crippen LogP contribution >= 0.6 is 0 Å². The van der Waals surface area contributed by atoms with Crippen molar-refractivity contribution >= 4 is 5.69 Å². The van der Waals surface area contributed by atoms with E-state index in [0.29, 0.717) is 5.56 Å². The Morgan fingerprint density at radius 2 is 2.10 bits per heavy atom. The number of hydrogen-bond acceptors (Lipinski definition) is 2. The lowest BCUT2D eigenvalue weighted by Gasteiger charge is -2.01. The molecule has 0 atom stereocenters. The molecule has 54 valence electrons. The Morgan fingerprint density at radius 1 is 1.40 bits per heavy atom. The summed E-state index contributed by atoms with van der Waals surface area (Å²) in [6, 6.07) is 4.61. The number of rotatable bonds is 1. The smallest absolute Gasteiger partial charge is 0.146 e. The van der Waals surface area contributed by atoms with Gasteiger partial charge in [0.1, 0.15) is 5.82 Å². The van der Waals surface area contributed by atoms with Gasteiger partial charge in [-0.2, -0.15) is 0 Å². The molecule has 0 aliphatic heterocycles. The predicted octanol–water partition coefficient (Wildman–Crippen LogP) is 0.867. The molecule has 0 aliphatic rings. The Morgan fingerprint density at radius 3 is 2.60 bits per heavy atom. The zero-order chi connectivity index (χ0) is 7.56. The van der Waals surface area contributed by atoms with Crippen molar-refractivity contribution in [3.05, 3.63) is 29.6 Å². The molecule has 2 nitrogen and oxygen atoms in total. The van der Waals surface area contributed by atoms with Crippen LogP contribution in [-0.2, 0) is 6.54 Å². The second-order valence-electron chi connectivity index (χ2n) is 2.02. The standard InChI is InChI=1S/C7H9FN2/c8-6-3-1-2-5(4-9)7(6)10/h1-3H,4,9-10H2. The molecule has 0 bridgehead atoms. The minimum Gasteiger partial charge on any atom is -0.396 e. The number of benzene rings is 1. The van der Waals surface area contributed by atoms with Crippen LogP contribution in [0.1, 0.15) is 5.56 Å². The van der Waals surface area contributed by atoms with Gasteiger partial charge in [0, 0.05) is 6.54 Å². The van der Waals surface area contributed by atoms with Gasteiger partial charge in [-0.1, -0.05) is 12.1 Å². The summed E-state index contributed by atoms with van der Waals surface area (Å²) in [6.07, 6.45) is 0. The zero-order valence-corrected chi connectivity index (χ0v) is 5.47. The molecule has 4 N–H and O–H groups in total. The molecule has 0 radical (unpaired) electrons. The Balaban J connectivity index is 3.14. The van der Waals surface area contributed by atoms with Crippen molar-refractivity contribution in [2.45, 2.75) is 6.54 Å². The fraction of sp³-hybridized carbons (Fsp3) is 0.143. The molecule has 1 rings (SSSR count). The van der Waals surface area contributed by atoms with Crippen LogP contribution in [0.2, 0.25) is 0 Å². The average molecular weight is 140 g/mol. The minimum absolute atomic E-state index is 0.157. The molecule has 1 aromatic rings. The number of nitrogens with two attached hydrogens (primary N) is 2. The van der Waals surface area contributed by atoms with Crippen molar-refractivity contribution in [2.24, 2.45) is 5.73 Å². The van der Waals surface area contributed by atoms with Crippen molar-refractivity contribution < 1.29 is 4.39 Å². The fourth-order valence-electron chi connectivity index (χ4n) is 0.760. The third-order valence-electron chi connectivity index (χ3n) is 1.36. The first-order valence-corrected chi connectivity index (χ1v) is 2.98. The molecule has 0 aliphatic carbocycles. The molecule has 0 heterocycles. The van der Waals surface area contributed by atoms with E-state index in [4.69, 9.17) is 11.5 Å². The van der Waals surface area contributed by atoms with Crippen LogP contribution in [0.3, 0.4) is 0 Å². The first kappa shape index (κ1) is 7.02. The van der Waals surface area contributed by atoms with Crippen LogP contribution in [0.25, 0.3) is 0 Å². The van der Waals surface area contributed by atoms with Crippen LogP contribution in [-0.4, -0.2) is 0 Å². The van der Waals surface area contributed by atoms with Crippen molar-refractivity contribution in [1.82, 2.24) is 0 Å². The molecule has 3 heteroatoms. The summed E-state index contributed by atoms with van der Waals surface area (Å²) in [7, 11) is 0. The highest BCUT2D eigenvalue weighted by atomic mass is 19.1. The minimum atomic E-state index is -0.400. The first-order chi connectivity index (χ1) is 4.75. The molecule has 0 aromatic heterocycles.